The largest absolute Gasteiger partial charge is 0.482 e. The fourth-order valence-electron chi connectivity index (χ4n) is 3.65. The molecule has 4 heteroatoms. The maximum Gasteiger partial charge on any atom is 0.376 e. The quantitative estimate of drug-likeness (QED) is 0.234. The van der Waals surface area contributed by atoms with Gasteiger partial charge in [0.2, 0.25) is 6.29 Å². The van der Waals surface area contributed by atoms with Crippen molar-refractivity contribution in [2.45, 2.75) is 59.0 Å². The molecule has 1 aliphatic rings. The lowest BCUT2D eigenvalue weighted by molar-refractivity contribution is -0.141. The first-order valence-electron chi connectivity index (χ1n) is 9.50. The second kappa shape index (κ2) is 7.55. The van der Waals surface area contributed by atoms with E-state index >= 15 is 0 Å². The molecule has 27 heavy (non-hydrogen) atoms. The van der Waals surface area contributed by atoms with E-state index < -0.39 is 11.6 Å². The normalized spacial score (nSPS) is 13.9. The van der Waals surface area contributed by atoms with Crippen LogP contribution in [0.15, 0.2) is 30.3 Å². The summed E-state index contributed by atoms with van der Waals surface area (Å²) < 4.78 is 11.7. The van der Waals surface area contributed by atoms with Crippen molar-refractivity contribution in [3.8, 4) is 22.6 Å². The van der Waals surface area contributed by atoms with Crippen molar-refractivity contribution in [2.24, 2.45) is 0 Å². The first-order chi connectivity index (χ1) is 12.9. The van der Waals surface area contributed by atoms with Gasteiger partial charge in [-0.2, -0.15) is 0 Å². The fraction of sp³-hybridized carbons (Fsp3) is 0.391. The van der Waals surface area contributed by atoms with E-state index in [0.717, 1.165) is 53.5 Å². The second-order valence-electron chi connectivity index (χ2n) is 7.62. The van der Waals surface area contributed by atoms with Gasteiger partial charge in [-0.1, -0.05) is 43.5 Å². The van der Waals surface area contributed by atoms with Crippen molar-refractivity contribution in [1.82, 2.24) is 0 Å². The number of benzene rings is 2. The Morgan fingerprint density at radius 3 is 2.67 bits per heavy atom. The van der Waals surface area contributed by atoms with Crippen molar-refractivity contribution in [1.29, 1.82) is 0 Å². The molecule has 0 atom stereocenters. The summed E-state index contributed by atoms with van der Waals surface area (Å²) in [7, 11) is 0. The van der Waals surface area contributed by atoms with Crippen LogP contribution in [0.1, 0.15) is 56.7 Å². The van der Waals surface area contributed by atoms with Gasteiger partial charge in [-0.05, 0) is 56.9 Å². The van der Waals surface area contributed by atoms with E-state index in [1.165, 1.54) is 0 Å². The molecule has 0 bridgehead atoms. The Hall–Kier alpha value is -2.62. The van der Waals surface area contributed by atoms with Crippen LogP contribution in [-0.4, -0.2) is 12.3 Å². The number of carbonyl (C=O) groups excluding carboxylic acids is 2. The highest BCUT2D eigenvalue weighted by Crippen LogP contribution is 2.50. The van der Waals surface area contributed by atoms with E-state index in [4.69, 9.17) is 9.47 Å². The van der Waals surface area contributed by atoms with Crippen molar-refractivity contribution < 1.29 is 19.1 Å². The van der Waals surface area contributed by atoms with Gasteiger partial charge >= 0.3 is 5.97 Å². The van der Waals surface area contributed by atoms with Crippen LogP contribution in [0.2, 0.25) is 0 Å². The number of rotatable bonds is 6. The standard InChI is InChI=1S/C23H26O4/c1-5-6-7-8-16-12-19(26-21(25)14-24)22-17-11-15(2)9-10-18(17)23(3,4)27-20(22)13-16/h9-14H,5-8H2,1-4H3. The molecule has 3 rings (SSSR count). The molecular formula is C23H26O4. The first-order valence-corrected chi connectivity index (χ1v) is 9.50. The SMILES string of the molecule is CCCCCc1cc(OC(=O)C=O)c2c(c1)OC(C)(C)c1ccc(C)cc1-2. The average molecular weight is 366 g/mol. The Kier molecular flexibility index (Phi) is 5.36. The zero-order valence-corrected chi connectivity index (χ0v) is 16.4. The summed E-state index contributed by atoms with van der Waals surface area (Å²) in [6.45, 7) is 8.25. The number of carbonyl (C=O) groups is 2. The van der Waals surface area contributed by atoms with E-state index in [0.29, 0.717) is 11.5 Å². The van der Waals surface area contributed by atoms with Crippen LogP contribution in [0.4, 0.5) is 0 Å². The van der Waals surface area contributed by atoms with Gasteiger partial charge in [0, 0.05) is 5.56 Å². The summed E-state index contributed by atoms with van der Waals surface area (Å²) in [5.41, 5.74) is 4.41. The molecular weight excluding hydrogens is 340 g/mol. The Balaban J connectivity index is 2.17. The second-order valence-corrected chi connectivity index (χ2v) is 7.62. The fourth-order valence-corrected chi connectivity index (χ4v) is 3.65. The van der Waals surface area contributed by atoms with Crippen LogP contribution in [0, 0.1) is 6.92 Å². The summed E-state index contributed by atoms with van der Waals surface area (Å²) in [5, 5.41) is 0. The van der Waals surface area contributed by atoms with Crippen LogP contribution in [-0.2, 0) is 21.6 Å². The van der Waals surface area contributed by atoms with E-state index in [-0.39, 0.29) is 6.29 Å². The molecule has 0 amide bonds. The number of hydrogen-bond acceptors (Lipinski definition) is 4. The van der Waals surface area contributed by atoms with E-state index in [1.807, 2.05) is 45.0 Å². The highest BCUT2D eigenvalue weighted by Gasteiger charge is 2.35. The molecule has 2 aromatic rings. The van der Waals surface area contributed by atoms with Gasteiger partial charge in [0.25, 0.3) is 0 Å². The summed E-state index contributed by atoms with van der Waals surface area (Å²) in [6, 6.07) is 10.1. The molecule has 0 N–H and O–H groups in total. The molecule has 0 aliphatic carbocycles. The lowest BCUT2D eigenvalue weighted by atomic mass is 9.84. The monoisotopic (exact) mass is 366 g/mol. The van der Waals surface area contributed by atoms with E-state index in [9.17, 15) is 9.59 Å². The number of ether oxygens (including phenoxy) is 2. The topological polar surface area (TPSA) is 52.6 Å². The van der Waals surface area contributed by atoms with Crippen molar-refractivity contribution in [2.75, 3.05) is 0 Å². The predicted molar refractivity (Wildman–Crippen MR) is 105 cm³/mol. The zero-order chi connectivity index (χ0) is 19.6. The van der Waals surface area contributed by atoms with Gasteiger partial charge in [-0.3, -0.25) is 4.79 Å². The third kappa shape index (κ3) is 3.90. The van der Waals surface area contributed by atoms with Gasteiger partial charge in [0.1, 0.15) is 17.1 Å². The van der Waals surface area contributed by atoms with Gasteiger partial charge in [-0.25, -0.2) is 4.79 Å². The number of hydrogen-bond donors (Lipinski definition) is 0. The molecule has 142 valence electrons. The van der Waals surface area contributed by atoms with Crippen molar-refractivity contribution in [3.63, 3.8) is 0 Å². The molecule has 0 saturated carbocycles. The van der Waals surface area contributed by atoms with E-state index in [1.54, 1.807) is 0 Å². The van der Waals surface area contributed by atoms with Crippen molar-refractivity contribution >= 4 is 12.3 Å². The maximum atomic E-state index is 11.7. The lowest BCUT2D eigenvalue weighted by Crippen LogP contribution is -2.29. The van der Waals surface area contributed by atoms with Gasteiger partial charge < -0.3 is 9.47 Å². The molecule has 0 radical (unpaired) electrons. The Labute approximate surface area is 160 Å². The Morgan fingerprint density at radius 1 is 1.19 bits per heavy atom. The molecule has 0 fully saturated rings. The molecule has 4 nitrogen and oxygen atoms in total. The molecule has 0 aromatic heterocycles. The number of esters is 1. The molecule has 1 heterocycles. The zero-order valence-electron chi connectivity index (χ0n) is 16.4. The van der Waals surface area contributed by atoms with Crippen LogP contribution >= 0.6 is 0 Å². The third-order valence-electron chi connectivity index (χ3n) is 4.96. The van der Waals surface area contributed by atoms with Crippen molar-refractivity contribution in [3.05, 3.63) is 47.0 Å². The number of aryl methyl sites for hydroxylation is 2. The Morgan fingerprint density at radius 2 is 1.96 bits per heavy atom. The number of aldehydes is 1. The molecule has 2 aromatic carbocycles. The van der Waals surface area contributed by atoms with Gasteiger partial charge in [-0.15, -0.1) is 0 Å². The highest BCUT2D eigenvalue weighted by molar-refractivity contribution is 6.21. The molecule has 0 spiro atoms. The molecule has 0 saturated heterocycles. The lowest BCUT2D eigenvalue weighted by Gasteiger charge is -2.36. The van der Waals surface area contributed by atoms with E-state index in [2.05, 4.69) is 13.0 Å². The summed E-state index contributed by atoms with van der Waals surface area (Å²) >= 11 is 0. The Bertz CT molecular complexity index is 880. The summed E-state index contributed by atoms with van der Waals surface area (Å²) in [4.78, 5) is 22.6. The molecule has 0 unspecified atom stereocenters. The van der Waals surface area contributed by atoms with Gasteiger partial charge in [0.15, 0.2) is 0 Å². The molecule has 1 aliphatic heterocycles. The predicted octanol–water partition coefficient (Wildman–Crippen LogP) is 5.13. The minimum Gasteiger partial charge on any atom is -0.482 e. The first kappa shape index (κ1) is 19.2. The van der Waals surface area contributed by atoms with Crippen LogP contribution in [0.5, 0.6) is 11.5 Å². The summed E-state index contributed by atoms with van der Waals surface area (Å²) in [6.07, 6.45) is 4.39. The average Bonchev–Trinajstić information content (AvgIpc) is 2.60. The highest BCUT2D eigenvalue weighted by atomic mass is 16.5. The minimum atomic E-state index is -0.901. The number of unbranched alkanes of at least 4 members (excludes halogenated alkanes) is 2. The maximum absolute atomic E-state index is 11.7. The smallest absolute Gasteiger partial charge is 0.376 e. The summed E-state index contributed by atoms with van der Waals surface area (Å²) in [5.74, 6) is 0.182. The van der Waals surface area contributed by atoms with Crippen LogP contribution in [0.3, 0.4) is 0 Å². The van der Waals surface area contributed by atoms with Crippen LogP contribution < -0.4 is 9.47 Å². The number of fused-ring (bicyclic) bond motifs is 3. The van der Waals surface area contributed by atoms with Gasteiger partial charge in [0.05, 0.1) is 5.56 Å². The van der Waals surface area contributed by atoms with Crippen LogP contribution in [0.25, 0.3) is 11.1 Å². The minimum absolute atomic E-state index is 0.195. The third-order valence-corrected chi connectivity index (χ3v) is 4.96.